The van der Waals surface area contributed by atoms with Gasteiger partial charge < -0.3 is 4.74 Å². The van der Waals surface area contributed by atoms with Gasteiger partial charge in [0.1, 0.15) is 10.8 Å². The largest absolute Gasteiger partial charge is 0.450 e. The molecule has 6 heteroatoms. The fraction of sp³-hybridized carbons (Fsp3) is 0.0769. The number of para-hydroxylation sites is 1. The van der Waals surface area contributed by atoms with Gasteiger partial charge in [0.05, 0.1) is 4.92 Å². The molecule has 0 unspecified atom stereocenters. The molecule has 2 aromatic rings. The van der Waals surface area contributed by atoms with Gasteiger partial charge >= 0.3 is 5.69 Å². The van der Waals surface area contributed by atoms with Crippen molar-refractivity contribution in [1.29, 1.82) is 0 Å². The van der Waals surface area contributed by atoms with E-state index in [1.165, 1.54) is 12.1 Å². The number of nitro benzene ring substituents is 1. The number of hydrogen-bond acceptors (Lipinski definition) is 3. The molecule has 0 heterocycles. The molecular formula is C13H9Cl2NO3. The molecule has 0 aliphatic heterocycles. The maximum atomic E-state index is 11.0. The number of ether oxygens (including phenoxy) is 1. The quantitative estimate of drug-likeness (QED) is 0.591. The van der Waals surface area contributed by atoms with Gasteiger partial charge in [-0.25, -0.2) is 0 Å². The molecule has 98 valence electrons. The maximum absolute atomic E-state index is 11.0. The minimum atomic E-state index is -0.569. The lowest BCUT2D eigenvalue weighted by atomic mass is 10.2. The van der Waals surface area contributed by atoms with Crippen LogP contribution in [0.2, 0.25) is 10.0 Å². The zero-order valence-electron chi connectivity index (χ0n) is 9.89. The number of benzene rings is 2. The molecule has 0 atom stereocenters. The third-order valence-electron chi connectivity index (χ3n) is 2.49. The molecule has 0 N–H and O–H groups in total. The lowest BCUT2D eigenvalue weighted by Crippen LogP contribution is -1.94. The maximum Gasteiger partial charge on any atom is 0.329 e. The molecule has 0 spiro atoms. The Bertz CT molecular complexity index is 644. The fourth-order valence-corrected chi connectivity index (χ4v) is 1.92. The van der Waals surface area contributed by atoms with Crippen LogP contribution in [-0.4, -0.2) is 4.92 Å². The lowest BCUT2D eigenvalue weighted by Gasteiger charge is -2.08. The molecule has 0 saturated heterocycles. The first-order valence-electron chi connectivity index (χ1n) is 5.36. The molecule has 0 saturated carbocycles. The van der Waals surface area contributed by atoms with Crippen LogP contribution in [0.15, 0.2) is 36.4 Å². The molecule has 0 fully saturated rings. The first-order chi connectivity index (χ1) is 8.99. The second kappa shape index (κ2) is 5.47. The lowest BCUT2D eigenvalue weighted by molar-refractivity contribution is -0.385. The van der Waals surface area contributed by atoms with Crippen LogP contribution < -0.4 is 4.74 Å². The molecule has 2 aromatic carbocycles. The predicted octanol–water partition coefficient (Wildman–Crippen LogP) is 5.00. The number of rotatable bonds is 3. The summed E-state index contributed by atoms with van der Waals surface area (Å²) in [4.78, 5) is 10.4. The molecule has 0 aliphatic rings. The van der Waals surface area contributed by atoms with E-state index >= 15 is 0 Å². The van der Waals surface area contributed by atoms with Crippen molar-refractivity contribution >= 4 is 28.9 Å². The van der Waals surface area contributed by atoms with Gasteiger partial charge in [0.25, 0.3) is 0 Å². The second-order valence-electron chi connectivity index (χ2n) is 3.86. The topological polar surface area (TPSA) is 52.4 Å². The van der Waals surface area contributed by atoms with Crippen molar-refractivity contribution < 1.29 is 9.66 Å². The number of nitrogens with zero attached hydrogens (tertiary/aromatic N) is 1. The molecule has 0 bridgehead atoms. The van der Waals surface area contributed by atoms with Gasteiger partial charge in [0.2, 0.25) is 5.75 Å². The number of halogens is 2. The van der Waals surface area contributed by atoms with Gasteiger partial charge in [0.15, 0.2) is 0 Å². The van der Waals surface area contributed by atoms with Crippen molar-refractivity contribution in [3.8, 4) is 11.5 Å². The SMILES string of the molecule is Cc1cc(Oc2cccc(Cl)c2[N+](=O)[O-])ccc1Cl. The van der Waals surface area contributed by atoms with Crippen molar-refractivity contribution in [3.63, 3.8) is 0 Å². The normalized spacial score (nSPS) is 10.3. The van der Waals surface area contributed by atoms with Crippen LogP contribution in [-0.2, 0) is 0 Å². The van der Waals surface area contributed by atoms with Crippen LogP contribution >= 0.6 is 23.2 Å². The van der Waals surface area contributed by atoms with Crippen molar-refractivity contribution in [1.82, 2.24) is 0 Å². The van der Waals surface area contributed by atoms with Gasteiger partial charge in [0, 0.05) is 5.02 Å². The van der Waals surface area contributed by atoms with Crippen molar-refractivity contribution in [2.45, 2.75) is 6.92 Å². The van der Waals surface area contributed by atoms with E-state index in [0.29, 0.717) is 10.8 Å². The van der Waals surface area contributed by atoms with Gasteiger partial charge in [-0.3, -0.25) is 10.1 Å². The average molecular weight is 298 g/mol. The van der Waals surface area contributed by atoms with Crippen LogP contribution in [0.1, 0.15) is 5.56 Å². The Morgan fingerprint density at radius 3 is 2.53 bits per heavy atom. The van der Waals surface area contributed by atoms with Crippen molar-refractivity contribution in [3.05, 3.63) is 62.1 Å². The first kappa shape index (κ1) is 13.6. The monoisotopic (exact) mass is 297 g/mol. The Labute approximate surface area is 119 Å². The highest BCUT2D eigenvalue weighted by Crippen LogP contribution is 2.37. The second-order valence-corrected chi connectivity index (χ2v) is 4.67. The van der Waals surface area contributed by atoms with Gasteiger partial charge in [-0.2, -0.15) is 0 Å². The third-order valence-corrected chi connectivity index (χ3v) is 3.22. The van der Waals surface area contributed by atoms with Gasteiger partial charge in [-0.05, 0) is 42.8 Å². The number of nitro groups is 1. The smallest absolute Gasteiger partial charge is 0.329 e. The van der Waals surface area contributed by atoms with Crippen LogP contribution in [0, 0.1) is 17.0 Å². The van der Waals surface area contributed by atoms with E-state index in [0.717, 1.165) is 5.56 Å². The summed E-state index contributed by atoms with van der Waals surface area (Å²) in [5.74, 6) is 0.562. The minimum Gasteiger partial charge on any atom is -0.450 e. The summed E-state index contributed by atoms with van der Waals surface area (Å²) in [5.41, 5.74) is 0.570. The average Bonchev–Trinajstić information content (AvgIpc) is 2.33. The van der Waals surface area contributed by atoms with E-state index in [1.54, 1.807) is 24.3 Å². The van der Waals surface area contributed by atoms with Crippen LogP contribution in [0.25, 0.3) is 0 Å². The summed E-state index contributed by atoms with van der Waals surface area (Å²) < 4.78 is 5.50. The molecule has 0 radical (unpaired) electrons. The van der Waals surface area contributed by atoms with Crippen LogP contribution in [0.3, 0.4) is 0 Å². The van der Waals surface area contributed by atoms with Gasteiger partial charge in [-0.15, -0.1) is 0 Å². The van der Waals surface area contributed by atoms with Crippen molar-refractivity contribution in [2.24, 2.45) is 0 Å². The van der Waals surface area contributed by atoms with E-state index < -0.39 is 4.92 Å². The number of aryl methyl sites for hydroxylation is 1. The summed E-state index contributed by atoms with van der Waals surface area (Å²) in [6.45, 7) is 1.82. The highest BCUT2D eigenvalue weighted by molar-refractivity contribution is 6.33. The Morgan fingerprint density at radius 2 is 1.89 bits per heavy atom. The Kier molecular flexibility index (Phi) is 3.93. The zero-order valence-corrected chi connectivity index (χ0v) is 11.4. The molecule has 0 aromatic heterocycles. The summed E-state index contributed by atoms with van der Waals surface area (Å²) in [7, 11) is 0. The van der Waals surface area contributed by atoms with Crippen LogP contribution in [0.5, 0.6) is 11.5 Å². The highest BCUT2D eigenvalue weighted by Gasteiger charge is 2.20. The predicted molar refractivity (Wildman–Crippen MR) is 74.4 cm³/mol. The summed E-state index contributed by atoms with van der Waals surface area (Å²) in [5, 5.41) is 11.6. The van der Waals surface area contributed by atoms with Gasteiger partial charge in [-0.1, -0.05) is 29.3 Å². The summed E-state index contributed by atoms with van der Waals surface area (Å²) in [6.07, 6.45) is 0. The van der Waals surface area contributed by atoms with E-state index in [1.807, 2.05) is 6.92 Å². The molecule has 4 nitrogen and oxygen atoms in total. The van der Waals surface area contributed by atoms with E-state index in [4.69, 9.17) is 27.9 Å². The highest BCUT2D eigenvalue weighted by atomic mass is 35.5. The van der Waals surface area contributed by atoms with Crippen LogP contribution in [0.4, 0.5) is 5.69 Å². The number of hydrogen-bond donors (Lipinski definition) is 0. The zero-order chi connectivity index (χ0) is 14.0. The fourth-order valence-electron chi connectivity index (χ4n) is 1.56. The molecule has 0 aliphatic carbocycles. The summed E-state index contributed by atoms with van der Waals surface area (Å²) in [6, 6.07) is 9.54. The minimum absolute atomic E-state index is 0.0354. The van der Waals surface area contributed by atoms with E-state index in [9.17, 15) is 10.1 Å². The standard InChI is InChI=1S/C13H9Cl2NO3/c1-8-7-9(5-6-10(8)14)19-12-4-2-3-11(15)13(12)16(17)18/h2-7H,1H3. The van der Waals surface area contributed by atoms with E-state index in [-0.39, 0.29) is 16.5 Å². The third kappa shape index (κ3) is 2.97. The first-order valence-corrected chi connectivity index (χ1v) is 6.11. The Morgan fingerprint density at radius 1 is 1.16 bits per heavy atom. The Hall–Kier alpha value is -1.78. The molecule has 19 heavy (non-hydrogen) atoms. The summed E-state index contributed by atoms with van der Waals surface area (Å²) >= 11 is 11.7. The van der Waals surface area contributed by atoms with E-state index in [2.05, 4.69) is 0 Å². The molecule has 2 rings (SSSR count). The van der Waals surface area contributed by atoms with Crippen molar-refractivity contribution in [2.75, 3.05) is 0 Å². The molecule has 0 amide bonds. The Balaban J connectivity index is 2.40. The molecular weight excluding hydrogens is 289 g/mol.